The van der Waals surface area contributed by atoms with E-state index >= 15 is 0 Å². The second-order valence-corrected chi connectivity index (χ2v) is 5.98. The minimum Gasteiger partial charge on any atom is -0.396 e. The van der Waals surface area contributed by atoms with E-state index in [0.29, 0.717) is 12.3 Å². The highest BCUT2D eigenvalue weighted by molar-refractivity contribution is 5.41. The van der Waals surface area contributed by atoms with E-state index in [2.05, 4.69) is 15.3 Å². The van der Waals surface area contributed by atoms with E-state index in [-0.39, 0.29) is 12.7 Å². The summed E-state index contributed by atoms with van der Waals surface area (Å²) in [7, 11) is 2.01. The van der Waals surface area contributed by atoms with Crippen LogP contribution >= 0.6 is 0 Å². The van der Waals surface area contributed by atoms with Gasteiger partial charge in [0.2, 0.25) is 0 Å². The van der Waals surface area contributed by atoms with Crippen molar-refractivity contribution in [3.05, 3.63) is 42.2 Å². The Kier molecular flexibility index (Phi) is 5.25. The summed E-state index contributed by atoms with van der Waals surface area (Å²) in [5.74, 6) is 1.38. The van der Waals surface area contributed by atoms with Crippen LogP contribution in [-0.2, 0) is 18.2 Å². The highest BCUT2D eigenvalue weighted by Gasteiger charge is 2.30. The van der Waals surface area contributed by atoms with Crippen LogP contribution in [0.4, 0.5) is 5.69 Å². The van der Waals surface area contributed by atoms with Crippen molar-refractivity contribution in [2.45, 2.75) is 25.4 Å². The van der Waals surface area contributed by atoms with E-state index < -0.39 is 0 Å². The van der Waals surface area contributed by atoms with Gasteiger partial charge in [-0.25, -0.2) is 4.98 Å². The summed E-state index contributed by atoms with van der Waals surface area (Å²) >= 11 is 0. The topological polar surface area (TPSA) is 72.2 Å². The van der Waals surface area contributed by atoms with E-state index in [1.807, 2.05) is 42.3 Å². The first kappa shape index (κ1) is 16.0. The van der Waals surface area contributed by atoms with E-state index in [0.717, 1.165) is 43.2 Å². The van der Waals surface area contributed by atoms with Gasteiger partial charge in [0.1, 0.15) is 11.9 Å². The van der Waals surface area contributed by atoms with Crippen molar-refractivity contribution in [1.29, 1.82) is 0 Å². The molecule has 3 heterocycles. The Labute approximate surface area is 136 Å². The first-order chi connectivity index (χ1) is 11.3. The Bertz CT molecular complexity index is 611. The van der Waals surface area contributed by atoms with Crippen LogP contribution in [0.25, 0.3) is 0 Å². The number of anilines is 1. The zero-order chi connectivity index (χ0) is 16.1. The van der Waals surface area contributed by atoms with E-state index in [9.17, 15) is 0 Å². The predicted molar refractivity (Wildman–Crippen MR) is 88.1 cm³/mol. The molecule has 6 nitrogen and oxygen atoms in total. The number of hydrogen-bond acceptors (Lipinski definition) is 5. The smallest absolute Gasteiger partial charge is 0.138 e. The summed E-state index contributed by atoms with van der Waals surface area (Å²) in [6.45, 7) is 1.76. The lowest BCUT2D eigenvalue weighted by atomic mass is 9.93. The van der Waals surface area contributed by atoms with Crippen molar-refractivity contribution in [3.63, 3.8) is 0 Å². The molecule has 124 valence electrons. The van der Waals surface area contributed by atoms with Gasteiger partial charge in [-0.2, -0.15) is 0 Å². The second kappa shape index (κ2) is 7.57. The normalized spacial score (nSPS) is 21.3. The molecule has 1 aliphatic rings. The average molecular weight is 316 g/mol. The summed E-state index contributed by atoms with van der Waals surface area (Å²) in [5.41, 5.74) is 1.90. The minimum absolute atomic E-state index is 0.0397. The Morgan fingerprint density at radius 1 is 1.39 bits per heavy atom. The van der Waals surface area contributed by atoms with Crippen molar-refractivity contribution in [2.75, 3.05) is 25.1 Å². The maximum Gasteiger partial charge on any atom is 0.138 e. The van der Waals surface area contributed by atoms with Crippen molar-refractivity contribution in [3.8, 4) is 0 Å². The summed E-state index contributed by atoms with van der Waals surface area (Å²) in [6.07, 6.45) is 8.45. The van der Waals surface area contributed by atoms with E-state index in [1.54, 1.807) is 0 Å². The first-order valence-corrected chi connectivity index (χ1v) is 8.16. The van der Waals surface area contributed by atoms with Gasteiger partial charge in [-0.15, -0.1) is 0 Å². The molecular weight excluding hydrogens is 292 g/mol. The van der Waals surface area contributed by atoms with Crippen molar-refractivity contribution in [1.82, 2.24) is 14.5 Å². The van der Waals surface area contributed by atoms with Crippen LogP contribution < -0.4 is 5.32 Å². The molecule has 23 heavy (non-hydrogen) atoms. The van der Waals surface area contributed by atoms with Crippen molar-refractivity contribution < 1.29 is 9.84 Å². The highest BCUT2D eigenvalue weighted by atomic mass is 16.5. The zero-order valence-corrected chi connectivity index (χ0v) is 13.5. The van der Waals surface area contributed by atoms with Gasteiger partial charge in [-0.3, -0.25) is 4.98 Å². The lowest BCUT2D eigenvalue weighted by Gasteiger charge is -2.31. The number of rotatable bonds is 6. The number of aliphatic hydroxyl groups is 1. The molecule has 3 rings (SSSR count). The number of aryl methyl sites for hydroxylation is 1. The molecule has 0 saturated carbocycles. The molecule has 0 unspecified atom stereocenters. The number of imidazole rings is 1. The number of pyridine rings is 1. The maximum absolute atomic E-state index is 8.93. The third-order valence-corrected chi connectivity index (χ3v) is 4.32. The third kappa shape index (κ3) is 3.89. The summed E-state index contributed by atoms with van der Waals surface area (Å²) in [4.78, 5) is 8.80. The van der Waals surface area contributed by atoms with Gasteiger partial charge < -0.3 is 19.7 Å². The molecule has 1 fully saturated rings. The minimum atomic E-state index is 0.0397. The molecular formula is C17H24N4O2. The largest absolute Gasteiger partial charge is 0.396 e. The third-order valence-electron chi connectivity index (χ3n) is 4.32. The molecule has 2 aromatic heterocycles. The Hall–Kier alpha value is -1.92. The molecule has 1 saturated heterocycles. The first-order valence-electron chi connectivity index (χ1n) is 8.16. The number of aliphatic hydroxyl groups excluding tert-OH is 1. The summed E-state index contributed by atoms with van der Waals surface area (Å²) in [5, 5.41) is 12.4. The molecule has 2 aromatic rings. The van der Waals surface area contributed by atoms with Crippen LogP contribution in [0.15, 0.2) is 30.7 Å². The number of aromatic nitrogens is 3. The van der Waals surface area contributed by atoms with Gasteiger partial charge >= 0.3 is 0 Å². The molecule has 2 atom stereocenters. The van der Waals surface area contributed by atoms with E-state index in [4.69, 9.17) is 9.84 Å². The van der Waals surface area contributed by atoms with Gasteiger partial charge in [0, 0.05) is 57.2 Å². The number of hydrogen-bond donors (Lipinski definition) is 2. The molecule has 1 aliphatic heterocycles. The fourth-order valence-electron chi connectivity index (χ4n) is 3.03. The van der Waals surface area contributed by atoms with Crippen molar-refractivity contribution >= 4 is 5.69 Å². The SMILES string of the molecule is Cn1ccnc1[C@@H]1OCCC[C@H]1CNc1ccc(CCO)nc1. The van der Waals surface area contributed by atoms with Gasteiger partial charge in [-0.05, 0) is 25.0 Å². The quantitative estimate of drug-likeness (QED) is 0.852. The zero-order valence-electron chi connectivity index (χ0n) is 13.5. The van der Waals surface area contributed by atoms with Gasteiger partial charge in [-0.1, -0.05) is 0 Å². The Morgan fingerprint density at radius 3 is 3.00 bits per heavy atom. The van der Waals surface area contributed by atoms with Crippen LogP contribution in [0, 0.1) is 5.92 Å². The molecule has 0 aliphatic carbocycles. The highest BCUT2D eigenvalue weighted by Crippen LogP contribution is 2.32. The van der Waals surface area contributed by atoms with Crippen LogP contribution in [0.3, 0.4) is 0 Å². The van der Waals surface area contributed by atoms with Gasteiger partial charge in [0.15, 0.2) is 0 Å². The molecule has 0 radical (unpaired) electrons. The number of nitrogens with zero attached hydrogens (tertiary/aromatic N) is 3. The average Bonchev–Trinajstić information content (AvgIpc) is 3.01. The molecule has 0 amide bonds. The van der Waals surface area contributed by atoms with Gasteiger partial charge in [0.05, 0.1) is 11.9 Å². The maximum atomic E-state index is 8.93. The molecule has 0 aromatic carbocycles. The van der Waals surface area contributed by atoms with Crippen LogP contribution in [0.2, 0.25) is 0 Å². The molecule has 6 heteroatoms. The summed E-state index contributed by atoms with van der Waals surface area (Å²) < 4.78 is 8.02. The van der Waals surface area contributed by atoms with Crippen LogP contribution in [0.1, 0.15) is 30.5 Å². The van der Waals surface area contributed by atoms with Crippen LogP contribution in [0.5, 0.6) is 0 Å². The molecule has 2 N–H and O–H groups in total. The lowest BCUT2D eigenvalue weighted by Crippen LogP contribution is -2.30. The number of nitrogens with one attached hydrogen (secondary N) is 1. The molecule has 0 bridgehead atoms. The Morgan fingerprint density at radius 2 is 2.30 bits per heavy atom. The van der Waals surface area contributed by atoms with Crippen molar-refractivity contribution in [2.24, 2.45) is 13.0 Å². The monoisotopic (exact) mass is 316 g/mol. The van der Waals surface area contributed by atoms with E-state index in [1.165, 1.54) is 0 Å². The van der Waals surface area contributed by atoms with Crippen LogP contribution in [-0.4, -0.2) is 39.4 Å². The fourth-order valence-corrected chi connectivity index (χ4v) is 3.03. The molecule has 0 spiro atoms. The second-order valence-electron chi connectivity index (χ2n) is 5.98. The lowest BCUT2D eigenvalue weighted by molar-refractivity contribution is -0.0304. The Balaban J connectivity index is 1.62. The number of ether oxygens (including phenoxy) is 1. The summed E-state index contributed by atoms with van der Waals surface area (Å²) in [6, 6.07) is 3.96. The van der Waals surface area contributed by atoms with Gasteiger partial charge in [0.25, 0.3) is 0 Å². The standard InChI is InChI=1S/C17H24N4O2/c1-21-8-7-18-17(21)16-13(3-2-10-23-16)11-19-15-5-4-14(6-9-22)20-12-15/h4-5,7-8,12-13,16,19,22H,2-3,6,9-11H2,1H3/t13-,16+/m0/s1. The fraction of sp³-hybridized carbons (Fsp3) is 0.529. The predicted octanol–water partition coefficient (Wildman–Crippen LogP) is 1.93.